The fraction of sp³-hybridized carbons (Fsp3) is 0.696. The molecule has 0 nitrogen and oxygen atoms in total. The summed E-state index contributed by atoms with van der Waals surface area (Å²) in [7, 11) is -4.81. The standard InChI is InChI=1S/C46H82P2Si2/c1-41(2,3)31-27-33(43(7,8)9)37(34(28-31)44(10,11)12)47(19)39(49(21,22)23)40(50(24,25)26)48(20)38-35(45(13,14)15)29-32(42(4,5)6)30-36(38)46(16,17)18/h27-30H,1-26H3/b40-39+. The van der Waals surface area contributed by atoms with Gasteiger partial charge in [-0.15, -0.1) is 0 Å². The third-order valence-corrected chi connectivity index (χ3v) is 24.5. The van der Waals surface area contributed by atoms with Gasteiger partial charge < -0.3 is 0 Å². The van der Waals surface area contributed by atoms with E-state index in [4.69, 9.17) is 0 Å². The minimum Gasteiger partial charge on any atom is -0.0656 e. The van der Waals surface area contributed by atoms with Crippen molar-refractivity contribution in [1.29, 1.82) is 0 Å². The van der Waals surface area contributed by atoms with Gasteiger partial charge in [-0.05, 0) is 89.8 Å². The Morgan fingerprint density at radius 2 is 0.540 bits per heavy atom. The van der Waals surface area contributed by atoms with E-state index < -0.39 is 32.0 Å². The lowest BCUT2D eigenvalue weighted by atomic mass is 9.75. The van der Waals surface area contributed by atoms with Gasteiger partial charge in [0, 0.05) is 0 Å². The molecule has 0 amide bonds. The first-order valence-electron chi connectivity index (χ1n) is 19.3. The lowest BCUT2D eigenvalue weighted by Crippen LogP contribution is -2.39. The Kier molecular flexibility index (Phi) is 13.0. The van der Waals surface area contributed by atoms with Crippen molar-refractivity contribution in [3.63, 3.8) is 0 Å². The zero-order valence-corrected chi connectivity index (χ0v) is 42.0. The van der Waals surface area contributed by atoms with Crippen LogP contribution >= 0.6 is 15.8 Å². The van der Waals surface area contributed by atoms with E-state index in [0.717, 1.165) is 0 Å². The zero-order valence-electron chi connectivity index (χ0n) is 38.2. The molecule has 0 radical (unpaired) electrons. The second kappa shape index (κ2) is 14.3. The number of benzene rings is 2. The van der Waals surface area contributed by atoms with Crippen LogP contribution in [-0.2, 0) is 32.5 Å². The van der Waals surface area contributed by atoms with Crippen molar-refractivity contribution in [2.24, 2.45) is 0 Å². The molecule has 0 fully saturated rings. The number of hydrogen-bond donors (Lipinski definition) is 0. The largest absolute Gasteiger partial charge is 0.0785 e. The summed E-state index contributed by atoms with van der Waals surface area (Å²) in [4.78, 5) is 3.80. The van der Waals surface area contributed by atoms with Crippen molar-refractivity contribution in [2.45, 2.75) is 196 Å². The lowest BCUT2D eigenvalue weighted by Gasteiger charge is -2.44. The van der Waals surface area contributed by atoms with Crippen LogP contribution < -0.4 is 10.6 Å². The van der Waals surface area contributed by atoms with E-state index >= 15 is 0 Å². The predicted octanol–water partition coefficient (Wildman–Crippen LogP) is 14.6. The SMILES string of the molecule is CP(/C(=C(/P(C)c1c(C(C)(C)C)cc(C(C)(C)C)cc1C(C)(C)C)[Si](C)(C)C)[Si](C)(C)C)c1c(C(C)(C)C)cc(C(C)(C)C)cc1C(C)(C)C. The quantitative estimate of drug-likeness (QED) is 0.204. The maximum atomic E-state index is 2.68. The van der Waals surface area contributed by atoms with Crippen molar-refractivity contribution in [2.75, 3.05) is 13.3 Å². The second-order valence-corrected chi connectivity index (χ2v) is 38.5. The van der Waals surface area contributed by atoms with Gasteiger partial charge in [0.1, 0.15) is 0 Å². The van der Waals surface area contributed by atoms with Crippen LogP contribution in [0.3, 0.4) is 0 Å². The van der Waals surface area contributed by atoms with E-state index in [0.29, 0.717) is 0 Å². The second-order valence-electron chi connectivity index (χ2n) is 23.7. The van der Waals surface area contributed by atoms with Crippen LogP contribution in [0, 0.1) is 0 Å². The molecule has 0 aromatic heterocycles. The van der Waals surface area contributed by atoms with Crippen LogP contribution in [0.2, 0.25) is 39.3 Å². The highest BCUT2D eigenvalue weighted by Gasteiger charge is 2.42. The number of hydrogen-bond acceptors (Lipinski definition) is 0. The van der Waals surface area contributed by atoms with Crippen LogP contribution in [0.15, 0.2) is 34.1 Å². The summed E-state index contributed by atoms with van der Waals surface area (Å²) in [5, 5.41) is 3.36. The van der Waals surface area contributed by atoms with E-state index in [9.17, 15) is 0 Å². The lowest BCUT2D eigenvalue weighted by molar-refractivity contribution is 0.553. The van der Waals surface area contributed by atoms with Crippen LogP contribution in [-0.4, -0.2) is 29.5 Å². The smallest absolute Gasteiger partial charge is 0.0656 e. The van der Waals surface area contributed by atoms with E-state index in [1.165, 1.54) is 11.1 Å². The first-order chi connectivity index (χ1) is 21.7. The van der Waals surface area contributed by atoms with Crippen molar-refractivity contribution < 1.29 is 0 Å². The molecule has 0 aliphatic rings. The maximum Gasteiger partial charge on any atom is 0.0785 e. The summed E-state index contributed by atoms with van der Waals surface area (Å²) in [6, 6.07) is 10.5. The highest BCUT2D eigenvalue weighted by molar-refractivity contribution is 7.77. The van der Waals surface area contributed by atoms with Crippen molar-refractivity contribution in [3.05, 3.63) is 67.5 Å². The molecule has 0 N–H and O–H groups in total. The fourth-order valence-corrected chi connectivity index (χ4v) is 27.8. The van der Waals surface area contributed by atoms with E-state index in [1.807, 2.05) is 9.87 Å². The summed E-state index contributed by atoms with van der Waals surface area (Å²) < 4.78 is 0. The van der Waals surface area contributed by atoms with Gasteiger partial charge in [0.05, 0.1) is 16.1 Å². The summed E-state index contributed by atoms with van der Waals surface area (Å²) in [6.07, 6.45) is 0. The highest BCUT2D eigenvalue weighted by atomic mass is 31.1. The van der Waals surface area contributed by atoms with Crippen LogP contribution in [0.4, 0.5) is 0 Å². The Morgan fingerprint density at radius 3 is 0.660 bits per heavy atom. The third kappa shape index (κ3) is 10.4. The molecule has 0 aliphatic heterocycles. The number of rotatable bonds is 6. The van der Waals surface area contributed by atoms with Gasteiger partial charge in [0.15, 0.2) is 0 Å². The average Bonchev–Trinajstić information content (AvgIpc) is 2.84. The summed E-state index contributed by atoms with van der Waals surface area (Å²) in [5.74, 6) is 0. The molecule has 0 saturated carbocycles. The predicted molar refractivity (Wildman–Crippen MR) is 244 cm³/mol. The molecule has 0 bridgehead atoms. The Hall–Kier alpha value is -0.526. The molecule has 2 rings (SSSR count). The first-order valence-corrected chi connectivity index (χ1v) is 29.9. The van der Waals surface area contributed by atoms with E-state index in [-0.39, 0.29) is 32.5 Å². The first kappa shape index (κ1) is 45.6. The van der Waals surface area contributed by atoms with Crippen molar-refractivity contribution >= 4 is 42.6 Å². The molecule has 0 saturated heterocycles. The Bertz CT molecular complexity index is 1380. The molecule has 50 heavy (non-hydrogen) atoms. The topological polar surface area (TPSA) is 0 Å². The van der Waals surface area contributed by atoms with Gasteiger partial charge in [-0.2, -0.15) is 0 Å². The molecule has 2 unspecified atom stereocenters. The van der Waals surface area contributed by atoms with Gasteiger partial charge in [-0.1, -0.05) is 214 Å². The Morgan fingerprint density at radius 1 is 0.360 bits per heavy atom. The van der Waals surface area contributed by atoms with Gasteiger partial charge >= 0.3 is 0 Å². The van der Waals surface area contributed by atoms with Gasteiger partial charge in [0.25, 0.3) is 0 Å². The van der Waals surface area contributed by atoms with E-state index in [2.05, 4.69) is 202 Å². The molecular formula is C46H82P2Si2. The molecule has 284 valence electrons. The Balaban J connectivity index is 3.42. The average molecular weight is 753 g/mol. The fourth-order valence-electron chi connectivity index (χ4n) is 7.40. The van der Waals surface area contributed by atoms with Crippen molar-refractivity contribution in [3.8, 4) is 0 Å². The molecule has 0 spiro atoms. The molecule has 4 heteroatoms. The minimum absolute atomic E-state index is 0.0512. The summed E-state index contributed by atoms with van der Waals surface area (Å²) >= 11 is 0. The summed E-state index contributed by atoms with van der Waals surface area (Å²) in [5.41, 5.74) is 9.67. The van der Waals surface area contributed by atoms with E-state index in [1.54, 1.807) is 32.9 Å². The van der Waals surface area contributed by atoms with Crippen LogP contribution in [0.5, 0.6) is 0 Å². The van der Waals surface area contributed by atoms with Crippen LogP contribution in [0.25, 0.3) is 0 Å². The van der Waals surface area contributed by atoms with Gasteiger partial charge in [-0.25, -0.2) is 0 Å². The molecular weight excluding hydrogens is 671 g/mol. The molecule has 2 atom stereocenters. The molecule has 0 heterocycles. The third-order valence-electron chi connectivity index (χ3n) is 10.2. The molecule has 2 aromatic rings. The monoisotopic (exact) mass is 753 g/mol. The normalized spacial score (nSPS) is 16.4. The zero-order chi connectivity index (χ0) is 39.8. The Labute approximate surface area is 318 Å². The molecule has 0 aliphatic carbocycles. The van der Waals surface area contributed by atoms with Crippen LogP contribution in [0.1, 0.15) is 158 Å². The summed E-state index contributed by atoms with van der Waals surface area (Å²) in [6.45, 7) is 65.2. The molecule has 2 aromatic carbocycles. The van der Waals surface area contributed by atoms with Gasteiger partial charge in [-0.3, -0.25) is 0 Å². The van der Waals surface area contributed by atoms with Gasteiger partial charge in [0.2, 0.25) is 0 Å². The minimum atomic E-state index is -1.82. The van der Waals surface area contributed by atoms with Crippen molar-refractivity contribution in [1.82, 2.24) is 0 Å². The highest BCUT2D eigenvalue weighted by Crippen LogP contribution is 2.60. The maximum absolute atomic E-state index is 2.68.